The number of non-ortho nitro benzene ring substituents is 1. The number of hydrogen-bond acceptors (Lipinski definition) is 7. The van der Waals surface area contributed by atoms with Crippen molar-refractivity contribution in [3.05, 3.63) is 38.4 Å². The van der Waals surface area contributed by atoms with Gasteiger partial charge in [-0.15, -0.1) is 0 Å². The lowest BCUT2D eigenvalue weighted by molar-refractivity contribution is -0.393. The van der Waals surface area contributed by atoms with Crippen molar-refractivity contribution in [2.45, 2.75) is 25.7 Å². The van der Waals surface area contributed by atoms with Crippen LogP contribution in [-0.2, 0) is 0 Å². The Balaban J connectivity index is 2.20. The first-order valence-corrected chi connectivity index (χ1v) is 6.65. The predicted molar refractivity (Wildman–Crippen MR) is 78.4 cm³/mol. The van der Waals surface area contributed by atoms with Crippen LogP contribution in [-0.4, -0.2) is 15.6 Å². The number of benzene rings is 1. The number of nitrogens with one attached hydrogen (secondary N) is 1. The largest absolute Gasteiger partial charge is 0.301 e. The van der Waals surface area contributed by atoms with Crippen LogP contribution in [0.15, 0.2) is 23.3 Å². The Morgan fingerprint density at radius 1 is 1.32 bits per heavy atom. The van der Waals surface area contributed by atoms with Crippen LogP contribution < -0.4 is 5.43 Å². The van der Waals surface area contributed by atoms with E-state index in [9.17, 15) is 20.2 Å². The van der Waals surface area contributed by atoms with Crippen LogP contribution >= 0.6 is 0 Å². The number of hydrazone groups is 1. The molecule has 0 heterocycles. The third kappa shape index (κ3) is 3.54. The van der Waals surface area contributed by atoms with Gasteiger partial charge in [0, 0.05) is 18.2 Å². The Bertz CT molecular complexity index is 679. The fraction of sp³-hybridized carbons (Fsp3) is 0.385. The van der Waals surface area contributed by atoms with Crippen molar-refractivity contribution >= 4 is 22.8 Å². The normalized spacial score (nSPS) is 19.4. The fourth-order valence-electron chi connectivity index (χ4n) is 2.27. The first kappa shape index (κ1) is 15.4. The van der Waals surface area contributed by atoms with Crippen LogP contribution in [0, 0.1) is 37.5 Å². The molecule has 0 unspecified atom stereocenters. The van der Waals surface area contributed by atoms with Gasteiger partial charge in [0.25, 0.3) is 5.69 Å². The zero-order chi connectivity index (χ0) is 16.1. The summed E-state index contributed by atoms with van der Waals surface area (Å²) in [5.74, 6) is -0.0823. The van der Waals surface area contributed by atoms with Crippen LogP contribution in [0.1, 0.15) is 25.7 Å². The van der Waals surface area contributed by atoms with Gasteiger partial charge in [-0.05, 0) is 25.3 Å². The van der Waals surface area contributed by atoms with Gasteiger partial charge in [0.1, 0.15) is 5.69 Å². The summed E-state index contributed by atoms with van der Waals surface area (Å²) in [6.07, 6.45) is 2.94. The highest BCUT2D eigenvalue weighted by Crippen LogP contribution is 2.29. The lowest BCUT2D eigenvalue weighted by Gasteiger charge is -2.17. The maximum Gasteiger partial charge on any atom is 0.301 e. The van der Waals surface area contributed by atoms with Crippen LogP contribution in [0.3, 0.4) is 0 Å². The van der Waals surface area contributed by atoms with Gasteiger partial charge in [0.05, 0.1) is 27.9 Å². The standard InChI is InChI=1S/C13H13N5O4/c14-8-9-2-1-3-10(6-9)15-16-12-5-4-11(17(19)20)7-13(12)18(21)22/h4-5,7,9,16H,1-3,6H2/b15-10-/t9-/m0/s1. The molecule has 2 rings (SSSR count). The highest BCUT2D eigenvalue weighted by atomic mass is 16.6. The lowest BCUT2D eigenvalue weighted by atomic mass is 9.89. The highest BCUT2D eigenvalue weighted by Gasteiger charge is 2.21. The van der Waals surface area contributed by atoms with Crippen molar-refractivity contribution in [2.75, 3.05) is 5.43 Å². The molecule has 114 valence electrons. The minimum atomic E-state index is -0.700. The zero-order valence-corrected chi connectivity index (χ0v) is 11.6. The maximum absolute atomic E-state index is 11.0. The van der Waals surface area contributed by atoms with E-state index in [1.807, 2.05) is 0 Å². The molecule has 9 heteroatoms. The van der Waals surface area contributed by atoms with Gasteiger partial charge in [-0.25, -0.2) is 0 Å². The van der Waals surface area contributed by atoms with Crippen LogP contribution in [0.2, 0.25) is 0 Å². The SMILES string of the molecule is N#C[C@H]1CCC/C(=N/Nc2ccc([N+](=O)[O-])cc2[N+](=O)[O-])C1. The van der Waals surface area contributed by atoms with E-state index in [0.717, 1.165) is 31.0 Å². The Hall–Kier alpha value is -3.02. The second kappa shape index (κ2) is 6.62. The molecule has 0 saturated heterocycles. The third-order valence-corrected chi connectivity index (χ3v) is 3.41. The fourth-order valence-corrected chi connectivity index (χ4v) is 2.27. The number of nitriles is 1. The Morgan fingerprint density at radius 2 is 2.09 bits per heavy atom. The number of hydrogen-bond donors (Lipinski definition) is 1. The second-order valence-electron chi connectivity index (χ2n) is 4.93. The number of nitro groups is 2. The molecule has 0 bridgehead atoms. The summed E-state index contributed by atoms with van der Waals surface area (Å²) in [4.78, 5) is 20.3. The Morgan fingerprint density at radius 3 is 2.73 bits per heavy atom. The average Bonchev–Trinajstić information content (AvgIpc) is 2.52. The van der Waals surface area contributed by atoms with Crippen LogP contribution in [0.5, 0.6) is 0 Å². The van der Waals surface area contributed by atoms with Crippen molar-refractivity contribution in [3.8, 4) is 6.07 Å². The van der Waals surface area contributed by atoms with E-state index in [-0.39, 0.29) is 17.3 Å². The molecule has 1 aromatic rings. The molecule has 1 aliphatic rings. The van der Waals surface area contributed by atoms with Gasteiger partial charge in [-0.3, -0.25) is 25.7 Å². The Kier molecular flexibility index (Phi) is 4.63. The summed E-state index contributed by atoms with van der Waals surface area (Å²) < 4.78 is 0. The van der Waals surface area contributed by atoms with Gasteiger partial charge in [0.2, 0.25) is 0 Å². The molecule has 0 spiro atoms. The molecule has 0 radical (unpaired) electrons. The molecule has 9 nitrogen and oxygen atoms in total. The van der Waals surface area contributed by atoms with E-state index in [2.05, 4.69) is 16.6 Å². The molecule has 1 atom stereocenters. The first-order valence-electron chi connectivity index (χ1n) is 6.65. The predicted octanol–water partition coefficient (Wildman–Crippen LogP) is 2.98. The number of nitrogens with zero attached hydrogens (tertiary/aromatic N) is 4. The molecule has 0 amide bonds. The summed E-state index contributed by atoms with van der Waals surface area (Å²) in [6, 6.07) is 5.51. The molecule has 1 aromatic carbocycles. The molecular formula is C13H13N5O4. The quantitative estimate of drug-likeness (QED) is 0.671. The maximum atomic E-state index is 11.0. The number of nitro benzene ring substituents is 2. The van der Waals surface area contributed by atoms with E-state index in [1.54, 1.807) is 0 Å². The van der Waals surface area contributed by atoms with Crippen molar-refractivity contribution in [3.63, 3.8) is 0 Å². The second-order valence-corrected chi connectivity index (χ2v) is 4.93. The van der Waals surface area contributed by atoms with Crippen molar-refractivity contribution in [2.24, 2.45) is 11.0 Å². The third-order valence-electron chi connectivity index (χ3n) is 3.41. The zero-order valence-electron chi connectivity index (χ0n) is 11.6. The molecular weight excluding hydrogens is 290 g/mol. The molecule has 0 aliphatic heterocycles. The summed E-state index contributed by atoms with van der Waals surface area (Å²) in [6.45, 7) is 0. The van der Waals surface area contributed by atoms with Gasteiger partial charge >= 0.3 is 5.69 Å². The van der Waals surface area contributed by atoms with Gasteiger partial charge < -0.3 is 0 Å². The number of anilines is 1. The van der Waals surface area contributed by atoms with Gasteiger partial charge in [-0.1, -0.05) is 0 Å². The van der Waals surface area contributed by atoms with E-state index in [1.165, 1.54) is 12.1 Å². The molecule has 1 N–H and O–H groups in total. The van der Waals surface area contributed by atoms with E-state index in [0.29, 0.717) is 6.42 Å². The minimum Gasteiger partial charge on any atom is -0.272 e. The molecule has 1 aliphatic carbocycles. The minimum absolute atomic E-state index is 0.0823. The van der Waals surface area contributed by atoms with Crippen molar-refractivity contribution < 1.29 is 9.85 Å². The van der Waals surface area contributed by atoms with E-state index < -0.39 is 15.5 Å². The topological polar surface area (TPSA) is 134 Å². The monoisotopic (exact) mass is 303 g/mol. The van der Waals surface area contributed by atoms with E-state index >= 15 is 0 Å². The summed E-state index contributed by atoms with van der Waals surface area (Å²) in [7, 11) is 0. The molecule has 1 saturated carbocycles. The van der Waals surface area contributed by atoms with Crippen LogP contribution in [0.25, 0.3) is 0 Å². The first-order chi connectivity index (χ1) is 10.5. The van der Waals surface area contributed by atoms with E-state index in [4.69, 9.17) is 5.26 Å². The van der Waals surface area contributed by atoms with Gasteiger partial charge in [0.15, 0.2) is 0 Å². The summed E-state index contributed by atoms with van der Waals surface area (Å²) >= 11 is 0. The molecule has 22 heavy (non-hydrogen) atoms. The molecule has 1 fully saturated rings. The molecule has 0 aromatic heterocycles. The average molecular weight is 303 g/mol. The van der Waals surface area contributed by atoms with Crippen LogP contribution in [0.4, 0.5) is 17.1 Å². The summed E-state index contributed by atoms with van der Waals surface area (Å²) in [5, 5.41) is 34.7. The van der Waals surface area contributed by atoms with Gasteiger partial charge in [-0.2, -0.15) is 10.4 Å². The lowest BCUT2D eigenvalue weighted by Crippen LogP contribution is -2.15. The highest BCUT2D eigenvalue weighted by molar-refractivity contribution is 5.86. The summed E-state index contributed by atoms with van der Waals surface area (Å²) in [5.41, 5.74) is 2.68. The van der Waals surface area contributed by atoms with Crippen molar-refractivity contribution in [1.82, 2.24) is 0 Å². The number of rotatable bonds is 4. The smallest absolute Gasteiger partial charge is 0.272 e. The Labute approximate surface area is 125 Å². The van der Waals surface area contributed by atoms with Crippen molar-refractivity contribution in [1.29, 1.82) is 5.26 Å².